The first-order valence-corrected chi connectivity index (χ1v) is 18.0. The Morgan fingerprint density at radius 3 is 1.53 bits per heavy atom. The van der Waals surface area contributed by atoms with Gasteiger partial charge in [-0.1, -0.05) is 24.0 Å². The Morgan fingerprint density at radius 1 is 0.610 bits per heavy atom. The Balaban J connectivity index is 0.000000225. The average Bonchev–Trinajstić information content (AvgIpc) is 3.80. The molecule has 0 saturated carbocycles. The molecule has 4 aromatic heterocycles. The lowest BCUT2D eigenvalue weighted by molar-refractivity contribution is -0.275. The standard InChI is InChI=1S/C20H16F3N3O3.C13H12F3IN2O3.C7H5N/c1-27-12-13-28-19-15(5-6-16-4-2-3-11-24-16)14-26(25-19)17-7-9-18(10-8-17)29-20(21,22)23;1-20-6-7-21-12-11(17)8-19(18-12)9-2-4-10(5-3-9)22-13(14,15)16;1-2-7-5-3-4-6-8-7/h2-4,7-11,14H,12-13H2,1H3;2-5,8H,6-7H2,1H3;1,3-6H. The van der Waals surface area contributed by atoms with Crippen molar-refractivity contribution < 1.29 is 54.8 Å². The second-order valence-corrected chi connectivity index (χ2v) is 12.3. The van der Waals surface area contributed by atoms with E-state index in [0.29, 0.717) is 54.0 Å². The minimum Gasteiger partial charge on any atom is -0.473 e. The van der Waals surface area contributed by atoms with E-state index in [-0.39, 0.29) is 24.0 Å². The summed E-state index contributed by atoms with van der Waals surface area (Å²) in [5.41, 5.74) is 2.88. The molecule has 0 atom stereocenters. The van der Waals surface area contributed by atoms with Crippen LogP contribution in [0.3, 0.4) is 0 Å². The largest absolute Gasteiger partial charge is 0.573 e. The van der Waals surface area contributed by atoms with Gasteiger partial charge >= 0.3 is 12.7 Å². The third-order valence-corrected chi connectivity index (χ3v) is 7.58. The van der Waals surface area contributed by atoms with E-state index in [1.807, 2.05) is 18.2 Å². The first kappa shape index (κ1) is 45.4. The molecule has 6 aromatic rings. The number of pyridine rings is 2. The number of alkyl halides is 6. The Labute approximate surface area is 348 Å². The van der Waals surface area contributed by atoms with Crippen LogP contribution in [0.25, 0.3) is 11.4 Å². The van der Waals surface area contributed by atoms with Crippen LogP contribution in [0.5, 0.6) is 23.3 Å². The summed E-state index contributed by atoms with van der Waals surface area (Å²) < 4.78 is 106. The number of benzene rings is 2. The second-order valence-electron chi connectivity index (χ2n) is 11.1. The summed E-state index contributed by atoms with van der Waals surface area (Å²) in [6.45, 7) is 1.43. The van der Waals surface area contributed by atoms with Gasteiger partial charge in [0.05, 0.1) is 34.4 Å². The van der Waals surface area contributed by atoms with Gasteiger partial charge in [-0.2, -0.15) is 0 Å². The van der Waals surface area contributed by atoms with Crippen LogP contribution in [0.15, 0.2) is 110 Å². The van der Waals surface area contributed by atoms with Gasteiger partial charge in [-0.15, -0.1) is 43.0 Å². The summed E-state index contributed by atoms with van der Waals surface area (Å²) in [5, 5.41) is 8.55. The lowest BCUT2D eigenvalue weighted by atomic mass is 10.3. The van der Waals surface area contributed by atoms with Crippen LogP contribution < -0.4 is 18.9 Å². The fraction of sp³-hybridized carbons (Fsp3) is 0.200. The number of ether oxygens (including phenoxy) is 6. The molecule has 0 N–H and O–H groups in total. The van der Waals surface area contributed by atoms with Crippen LogP contribution in [0.2, 0.25) is 0 Å². The van der Waals surface area contributed by atoms with Crippen LogP contribution in [0.4, 0.5) is 26.3 Å². The van der Waals surface area contributed by atoms with Gasteiger partial charge in [0, 0.05) is 32.8 Å². The van der Waals surface area contributed by atoms with Crippen LogP contribution >= 0.6 is 22.6 Å². The average molecular weight is 935 g/mol. The van der Waals surface area contributed by atoms with Crippen molar-refractivity contribution >= 4 is 22.6 Å². The summed E-state index contributed by atoms with van der Waals surface area (Å²) in [4.78, 5) is 8.00. The Bertz CT molecular complexity index is 2270. The van der Waals surface area contributed by atoms with Crippen molar-refractivity contribution in [2.24, 2.45) is 0 Å². The van der Waals surface area contributed by atoms with Crippen molar-refractivity contribution in [2.45, 2.75) is 12.7 Å². The molecular weight excluding hydrogens is 901 g/mol. The number of aromatic nitrogens is 6. The minimum absolute atomic E-state index is 0.268. The number of rotatable bonds is 12. The van der Waals surface area contributed by atoms with Crippen LogP contribution in [-0.4, -0.2) is 82.9 Å². The molecule has 0 amide bonds. The number of hydrogen-bond donors (Lipinski definition) is 0. The maximum Gasteiger partial charge on any atom is 0.573 e. The first-order chi connectivity index (χ1) is 28.3. The molecule has 2 aromatic carbocycles. The maximum absolute atomic E-state index is 12.3. The van der Waals surface area contributed by atoms with Gasteiger partial charge in [0.2, 0.25) is 11.8 Å². The number of halogens is 7. The summed E-state index contributed by atoms with van der Waals surface area (Å²) in [7, 11) is 3.12. The number of hydrogen-bond acceptors (Lipinski definition) is 10. The topological polar surface area (TPSA) is 117 Å². The van der Waals surface area contributed by atoms with Crippen molar-refractivity contribution in [3.05, 3.63) is 130 Å². The predicted octanol–water partition coefficient (Wildman–Crippen LogP) is 8.05. The zero-order valence-electron chi connectivity index (χ0n) is 31.1. The third-order valence-electron chi connectivity index (χ3n) is 6.84. The number of methoxy groups -OCH3 is 2. The second kappa shape index (κ2) is 22.6. The van der Waals surface area contributed by atoms with Crippen molar-refractivity contribution in [1.82, 2.24) is 29.5 Å². The zero-order valence-corrected chi connectivity index (χ0v) is 33.2. The van der Waals surface area contributed by atoms with Crippen molar-refractivity contribution in [1.29, 1.82) is 0 Å². The molecule has 4 heterocycles. The van der Waals surface area contributed by atoms with Gasteiger partial charge in [0.25, 0.3) is 0 Å². The Hall–Kier alpha value is -6.29. The number of nitrogens with zero attached hydrogens (tertiary/aromatic N) is 6. The molecule has 12 nitrogen and oxygen atoms in total. The summed E-state index contributed by atoms with van der Waals surface area (Å²) in [6, 6.07) is 21.6. The highest BCUT2D eigenvalue weighted by Crippen LogP contribution is 2.27. The first-order valence-electron chi connectivity index (χ1n) is 16.9. The highest BCUT2D eigenvalue weighted by molar-refractivity contribution is 14.1. The zero-order chi connectivity index (χ0) is 42.7. The van der Waals surface area contributed by atoms with Gasteiger partial charge in [0.1, 0.15) is 41.7 Å². The quantitative estimate of drug-likeness (QED) is 0.0517. The predicted molar refractivity (Wildman–Crippen MR) is 210 cm³/mol. The van der Waals surface area contributed by atoms with Crippen LogP contribution in [-0.2, 0) is 9.47 Å². The smallest absolute Gasteiger partial charge is 0.473 e. The third kappa shape index (κ3) is 16.2. The summed E-state index contributed by atoms with van der Waals surface area (Å²) in [5.74, 6) is 8.41. The summed E-state index contributed by atoms with van der Waals surface area (Å²) in [6.07, 6.45) is 2.23. The lowest BCUT2D eigenvalue weighted by Crippen LogP contribution is -2.17. The molecule has 59 heavy (non-hydrogen) atoms. The monoisotopic (exact) mass is 934 g/mol. The molecule has 0 spiro atoms. The normalized spacial score (nSPS) is 10.7. The molecule has 0 fully saturated rings. The van der Waals surface area contributed by atoms with E-state index >= 15 is 0 Å². The number of terminal acetylenes is 1. The molecule has 0 radical (unpaired) electrons. The fourth-order valence-corrected chi connectivity index (χ4v) is 4.84. The van der Waals surface area contributed by atoms with Gasteiger partial charge in [-0.3, -0.25) is 0 Å². The molecular formula is C40H33F6IN6O6. The van der Waals surface area contributed by atoms with Gasteiger partial charge in [-0.25, -0.2) is 19.3 Å². The van der Waals surface area contributed by atoms with E-state index in [0.717, 1.165) is 3.57 Å². The molecule has 0 aliphatic carbocycles. The fourth-order valence-electron chi connectivity index (χ4n) is 4.31. The van der Waals surface area contributed by atoms with E-state index < -0.39 is 12.7 Å². The molecule has 0 unspecified atom stereocenters. The highest BCUT2D eigenvalue weighted by atomic mass is 127. The molecule has 0 saturated heterocycles. The van der Waals surface area contributed by atoms with Crippen LogP contribution in [0.1, 0.15) is 17.0 Å². The molecule has 6 rings (SSSR count). The summed E-state index contributed by atoms with van der Waals surface area (Å²) >= 11 is 2.06. The Kier molecular flexibility index (Phi) is 17.4. The highest BCUT2D eigenvalue weighted by Gasteiger charge is 2.31. The maximum atomic E-state index is 12.3. The van der Waals surface area contributed by atoms with Crippen molar-refractivity contribution in [2.75, 3.05) is 40.6 Å². The van der Waals surface area contributed by atoms with Gasteiger partial charge < -0.3 is 28.4 Å². The van der Waals surface area contributed by atoms with Gasteiger partial charge in [-0.05, 0) is 101 Å². The molecule has 0 aliphatic rings. The van der Waals surface area contributed by atoms with E-state index in [9.17, 15) is 26.3 Å². The molecule has 19 heteroatoms. The SMILES string of the molecule is C#Cc1ccccn1.COCCOc1nn(-c2ccc(OC(F)(F)F)cc2)cc1C#Cc1ccccn1.COCCOc1nn(-c2ccc(OC(F)(F)F)cc2)cc1I. The lowest BCUT2D eigenvalue weighted by Gasteiger charge is -2.09. The van der Waals surface area contributed by atoms with E-state index in [2.05, 4.69) is 70.0 Å². The van der Waals surface area contributed by atoms with Crippen molar-refractivity contribution in [3.8, 4) is 58.8 Å². The van der Waals surface area contributed by atoms with E-state index in [1.165, 1.54) is 57.9 Å². The van der Waals surface area contributed by atoms with E-state index in [4.69, 9.17) is 25.4 Å². The van der Waals surface area contributed by atoms with Crippen LogP contribution in [0, 0.1) is 27.8 Å². The minimum atomic E-state index is -4.75. The molecule has 0 bridgehead atoms. The van der Waals surface area contributed by atoms with Crippen molar-refractivity contribution in [3.63, 3.8) is 0 Å². The van der Waals surface area contributed by atoms with E-state index in [1.54, 1.807) is 57.2 Å². The van der Waals surface area contributed by atoms with Gasteiger partial charge in [0.15, 0.2) is 0 Å². The Morgan fingerprint density at radius 2 is 1.08 bits per heavy atom. The molecule has 0 aliphatic heterocycles. The molecule has 308 valence electrons.